The highest BCUT2D eigenvalue weighted by atomic mass is 16.5. The van der Waals surface area contributed by atoms with Gasteiger partial charge in [0.1, 0.15) is 0 Å². The van der Waals surface area contributed by atoms with E-state index in [9.17, 15) is 9.90 Å². The molecular formula is C13H14O3. The van der Waals surface area contributed by atoms with E-state index in [1.54, 1.807) is 6.92 Å². The molecule has 0 fully saturated rings. The van der Waals surface area contributed by atoms with Gasteiger partial charge >= 0.3 is 5.97 Å². The molecule has 1 atom stereocenters. The zero-order valence-corrected chi connectivity index (χ0v) is 9.36. The van der Waals surface area contributed by atoms with E-state index in [4.69, 9.17) is 0 Å². The molecule has 1 N–H and O–H groups in total. The van der Waals surface area contributed by atoms with Crippen molar-refractivity contribution in [3.63, 3.8) is 0 Å². The minimum absolute atomic E-state index is 0.238. The SMILES string of the molecule is CCOC(=O)C(O)C#Cc1ccc(C)cc1. The first-order chi connectivity index (χ1) is 7.63. The number of aliphatic hydroxyl groups is 1. The molecule has 1 aromatic rings. The van der Waals surface area contributed by atoms with Crippen LogP contribution in [0.15, 0.2) is 24.3 Å². The fourth-order valence-electron chi connectivity index (χ4n) is 1.07. The highest BCUT2D eigenvalue weighted by Crippen LogP contribution is 2.01. The molecule has 16 heavy (non-hydrogen) atoms. The van der Waals surface area contributed by atoms with Crippen molar-refractivity contribution in [1.29, 1.82) is 0 Å². The van der Waals surface area contributed by atoms with Gasteiger partial charge in [-0.2, -0.15) is 0 Å². The van der Waals surface area contributed by atoms with Crippen LogP contribution in [0.4, 0.5) is 0 Å². The maximum Gasteiger partial charge on any atom is 0.347 e. The molecule has 0 aliphatic carbocycles. The Bertz CT molecular complexity index is 409. The predicted molar refractivity (Wildman–Crippen MR) is 60.7 cm³/mol. The molecule has 1 rings (SSSR count). The third-order valence-electron chi connectivity index (χ3n) is 1.91. The maximum atomic E-state index is 11.0. The van der Waals surface area contributed by atoms with Gasteiger partial charge in [0.05, 0.1) is 6.61 Å². The zero-order chi connectivity index (χ0) is 12.0. The number of hydrogen-bond donors (Lipinski definition) is 1. The lowest BCUT2D eigenvalue weighted by atomic mass is 10.1. The third kappa shape index (κ3) is 3.76. The second-order valence-corrected chi connectivity index (χ2v) is 3.29. The van der Waals surface area contributed by atoms with Crippen LogP contribution in [0.5, 0.6) is 0 Å². The number of carbonyl (C=O) groups excluding carboxylic acids is 1. The summed E-state index contributed by atoms with van der Waals surface area (Å²) in [5.41, 5.74) is 1.89. The maximum absolute atomic E-state index is 11.0. The summed E-state index contributed by atoms with van der Waals surface area (Å²) in [6, 6.07) is 7.50. The standard InChI is InChI=1S/C13H14O3/c1-3-16-13(15)12(14)9-8-11-6-4-10(2)5-7-11/h4-7,12,14H,3H2,1-2H3. The number of esters is 1. The van der Waals surface area contributed by atoms with Gasteiger partial charge in [-0.25, -0.2) is 4.79 Å². The van der Waals surface area contributed by atoms with Crippen molar-refractivity contribution < 1.29 is 14.6 Å². The normalized spacial score (nSPS) is 11.2. The molecule has 0 saturated heterocycles. The van der Waals surface area contributed by atoms with Crippen molar-refractivity contribution >= 4 is 5.97 Å². The molecular weight excluding hydrogens is 204 g/mol. The van der Waals surface area contributed by atoms with E-state index in [-0.39, 0.29) is 6.61 Å². The minimum Gasteiger partial charge on any atom is -0.463 e. The van der Waals surface area contributed by atoms with Gasteiger partial charge in [0.2, 0.25) is 6.10 Å². The Hall–Kier alpha value is -1.79. The number of carbonyl (C=O) groups is 1. The van der Waals surface area contributed by atoms with Crippen LogP contribution in [0, 0.1) is 18.8 Å². The Labute approximate surface area is 95.1 Å². The lowest BCUT2D eigenvalue weighted by Gasteiger charge is -2.01. The molecule has 84 valence electrons. The number of ether oxygens (including phenoxy) is 1. The molecule has 1 aromatic carbocycles. The summed E-state index contributed by atoms with van der Waals surface area (Å²) in [6.45, 7) is 3.89. The van der Waals surface area contributed by atoms with Gasteiger partial charge in [0.25, 0.3) is 0 Å². The van der Waals surface area contributed by atoms with Gasteiger partial charge in [-0.3, -0.25) is 0 Å². The highest BCUT2D eigenvalue weighted by molar-refractivity contribution is 5.78. The van der Waals surface area contributed by atoms with Gasteiger partial charge < -0.3 is 9.84 Å². The first kappa shape index (κ1) is 12.3. The van der Waals surface area contributed by atoms with Gasteiger partial charge in [0.15, 0.2) is 0 Å². The lowest BCUT2D eigenvalue weighted by molar-refractivity contribution is -0.149. The first-order valence-electron chi connectivity index (χ1n) is 5.06. The predicted octanol–water partition coefficient (Wildman–Crippen LogP) is 1.27. The molecule has 0 radical (unpaired) electrons. The summed E-state index contributed by atoms with van der Waals surface area (Å²) >= 11 is 0. The van der Waals surface area contributed by atoms with Crippen molar-refractivity contribution in [1.82, 2.24) is 0 Å². The van der Waals surface area contributed by atoms with E-state index >= 15 is 0 Å². The van der Waals surface area contributed by atoms with E-state index in [0.717, 1.165) is 11.1 Å². The smallest absolute Gasteiger partial charge is 0.347 e. The van der Waals surface area contributed by atoms with Crippen molar-refractivity contribution in [3.05, 3.63) is 35.4 Å². The second kappa shape index (κ2) is 5.94. The Kier molecular flexibility index (Phi) is 4.56. The van der Waals surface area contributed by atoms with Crippen molar-refractivity contribution in [2.45, 2.75) is 20.0 Å². The average Bonchev–Trinajstić information content (AvgIpc) is 2.28. The van der Waals surface area contributed by atoms with Gasteiger partial charge in [-0.15, -0.1) is 0 Å². The molecule has 0 aromatic heterocycles. The molecule has 0 aliphatic rings. The Morgan fingerprint density at radius 3 is 2.62 bits per heavy atom. The van der Waals surface area contributed by atoms with Crippen LogP contribution in [0.25, 0.3) is 0 Å². The molecule has 0 heterocycles. The third-order valence-corrected chi connectivity index (χ3v) is 1.91. The quantitative estimate of drug-likeness (QED) is 0.600. The molecule has 0 aliphatic heterocycles. The van der Waals surface area contributed by atoms with Crippen LogP contribution in [-0.4, -0.2) is 23.8 Å². The summed E-state index contributed by atoms with van der Waals surface area (Å²) in [5, 5.41) is 9.32. The molecule has 3 heteroatoms. The molecule has 0 saturated carbocycles. The van der Waals surface area contributed by atoms with Crippen molar-refractivity contribution in [2.75, 3.05) is 6.61 Å². The number of rotatable bonds is 2. The van der Waals surface area contributed by atoms with Gasteiger partial charge in [0, 0.05) is 5.56 Å². The van der Waals surface area contributed by atoms with Crippen molar-refractivity contribution in [3.8, 4) is 11.8 Å². The molecule has 3 nitrogen and oxygen atoms in total. The van der Waals surface area contributed by atoms with Crippen LogP contribution >= 0.6 is 0 Å². The minimum atomic E-state index is -1.37. The topological polar surface area (TPSA) is 46.5 Å². The number of benzene rings is 1. The molecule has 0 spiro atoms. The average molecular weight is 218 g/mol. The van der Waals surface area contributed by atoms with Gasteiger partial charge in [-0.05, 0) is 26.0 Å². The molecule has 0 amide bonds. The van der Waals surface area contributed by atoms with Crippen LogP contribution in [-0.2, 0) is 9.53 Å². The second-order valence-electron chi connectivity index (χ2n) is 3.29. The van der Waals surface area contributed by atoms with Crippen LogP contribution in [0.1, 0.15) is 18.1 Å². The summed E-state index contributed by atoms with van der Waals surface area (Å²) < 4.78 is 4.62. The van der Waals surface area contributed by atoms with Crippen LogP contribution in [0.2, 0.25) is 0 Å². The molecule has 1 unspecified atom stereocenters. The largest absolute Gasteiger partial charge is 0.463 e. The fraction of sp³-hybridized carbons (Fsp3) is 0.308. The van der Waals surface area contributed by atoms with E-state index in [2.05, 4.69) is 16.6 Å². The fourth-order valence-corrected chi connectivity index (χ4v) is 1.07. The summed E-state index contributed by atoms with van der Waals surface area (Å²) in [7, 11) is 0. The van der Waals surface area contributed by atoms with Crippen molar-refractivity contribution in [2.24, 2.45) is 0 Å². The Balaban J connectivity index is 2.66. The summed E-state index contributed by atoms with van der Waals surface area (Å²) in [4.78, 5) is 11.0. The number of aryl methyl sites for hydroxylation is 1. The lowest BCUT2D eigenvalue weighted by Crippen LogP contribution is -2.21. The van der Waals surface area contributed by atoms with E-state index < -0.39 is 12.1 Å². The number of hydrogen-bond acceptors (Lipinski definition) is 3. The Morgan fingerprint density at radius 1 is 1.44 bits per heavy atom. The summed E-state index contributed by atoms with van der Waals surface area (Å²) in [6.07, 6.45) is -1.37. The van der Waals surface area contributed by atoms with Crippen LogP contribution in [0.3, 0.4) is 0 Å². The first-order valence-corrected chi connectivity index (χ1v) is 5.06. The Morgan fingerprint density at radius 2 is 2.06 bits per heavy atom. The molecule has 0 bridgehead atoms. The van der Waals surface area contributed by atoms with E-state index in [1.807, 2.05) is 31.2 Å². The highest BCUT2D eigenvalue weighted by Gasteiger charge is 2.11. The van der Waals surface area contributed by atoms with Gasteiger partial charge in [-0.1, -0.05) is 29.5 Å². The zero-order valence-electron chi connectivity index (χ0n) is 9.36. The van der Waals surface area contributed by atoms with E-state index in [1.165, 1.54) is 0 Å². The monoisotopic (exact) mass is 218 g/mol. The summed E-state index contributed by atoms with van der Waals surface area (Å²) in [5.74, 6) is 4.44. The van der Waals surface area contributed by atoms with E-state index in [0.29, 0.717) is 0 Å². The number of aliphatic hydroxyl groups excluding tert-OH is 1. The van der Waals surface area contributed by atoms with Crippen LogP contribution < -0.4 is 0 Å².